The van der Waals surface area contributed by atoms with E-state index in [1.54, 1.807) is 0 Å². The maximum absolute atomic E-state index is 6.10. The monoisotopic (exact) mass is 393 g/mol. The van der Waals surface area contributed by atoms with E-state index >= 15 is 0 Å². The first-order valence-electron chi connectivity index (χ1n) is 10.3. The van der Waals surface area contributed by atoms with Gasteiger partial charge in [-0.1, -0.05) is 12.1 Å². The molecule has 0 unspecified atom stereocenters. The predicted octanol–water partition coefficient (Wildman–Crippen LogP) is 4.80. The maximum atomic E-state index is 6.10. The zero-order valence-electron chi connectivity index (χ0n) is 17.7. The summed E-state index contributed by atoms with van der Waals surface area (Å²) in [7, 11) is 2.27. The van der Waals surface area contributed by atoms with Crippen molar-refractivity contribution in [2.75, 3.05) is 40.1 Å². The Kier molecular flexibility index (Phi) is 5.33. The summed E-state index contributed by atoms with van der Waals surface area (Å²) >= 11 is 0. The number of aryl methyl sites for hydroxylation is 1. The van der Waals surface area contributed by atoms with Crippen molar-refractivity contribution in [3.05, 3.63) is 48.2 Å². The van der Waals surface area contributed by atoms with Crippen LogP contribution in [0, 0.1) is 6.92 Å². The van der Waals surface area contributed by atoms with Gasteiger partial charge in [0.15, 0.2) is 11.5 Å². The molecule has 0 aliphatic carbocycles. The van der Waals surface area contributed by atoms with Crippen molar-refractivity contribution in [3.63, 3.8) is 0 Å². The van der Waals surface area contributed by atoms with Crippen LogP contribution in [0.25, 0.3) is 22.0 Å². The minimum atomic E-state index is 0.268. The summed E-state index contributed by atoms with van der Waals surface area (Å²) in [6, 6.07) is 14.3. The second-order valence-corrected chi connectivity index (χ2v) is 7.89. The number of aromatic nitrogens is 1. The Morgan fingerprint density at radius 3 is 2.55 bits per heavy atom. The van der Waals surface area contributed by atoms with Crippen LogP contribution in [0.2, 0.25) is 0 Å². The number of benzene rings is 2. The molecule has 0 spiro atoms. The van der Waals surface area contributed by atoms with Gasteiger partial charge in [-0.15, -0.1) is 0 Å². The largest absolute Gasteiger partial charge is 0.488 e. The van der Waals surface area contributed by atoms with Crippen LogP contribution >= 0.6 is 0 Å². The summed E-state index contributed by atoms with van der Waals surface area (Å²) in [4.78, 5) is 4.83. The van der Waals surface area contributed by atoms with Crippen LogP contribution in [0.1, 0.15) is 19.5 Å². The van der Waals surface area contributed by atoms with Crippen molar-refractivity contribution < 1.29 is 18.7 Å². The molecule has 0 radical (unpaired) electrons. The van der Waals surface area contributed by atoms with Gasteiger partial charge >= 0.3 is 0 Å². The van der Waals surface area contributed by atoms with E-state index in [0.29, 0.717) is 6.61 Å². The molecule has 0 saturated heterocycles. The standard InChI is InChI=1S/C24H29N2O3/c1-5-26(4,6-2)10-11-27-20-9-7-8-18(13-20)24-21-15-23-22(28-16-29-23)14-19(21)12-17(3)25-24/h7-9,12-15H,5-6,10-11,16H2,1-4H3/q+1. The second-order valence-electron chi connectivity index (χ2n) is 7.89. The Hall–Kier alpha value is -2.79. The number of hydrogen-bond acceptors (Lipinski definition) is 4. The van der Waals surface area contributed by atoms with Gasteiger partial charge in [0, 0.05) is 16.6 Å². The molecule has 3 aromatic rings. The lowest BCUT2D eigenvalue weighted by Crippen LogP contribution is -2.46. The Labute approximate surface area is 172 Å². The number of ether oxygens (including phenoxy) is 3. The SMILES string of the molecule is CC[N+](C)(CC)CCOc1cccc(-c2nc(C)cc3cc4c(cc23)OCO4)c1. The minimum Gasteiger partial charge on any atom is -0.488 e. The molecular formula is C24H29N2O3+. The molecule has 0 N–H and O–H groups in total. The molecule has 2 aromatic carbocycles. The first-order chi connectivity index (χ1) is 14.0. The second kappa shape index (κ2) is 7.91. The third-order valence-corrected chi connectivity index (χ3v) is 5.99. The van der Waals surface area contributed by atoms with Gasteiger partial charge in [-0.05, 0) is 56.5 Å². The van der Waals surface area contributed by atoms with Crippen LogP contribution in [-0.2, 0) is 0 Å². The maximum Gasteiger partial charge on any atom is 0.231 e. The molecule has 0 atom stereocenters. The van der Waals surface area contributed by atoms with E-state index in [1.165, 1.54) is 0 Å². The Morgan fingerprint density at radius 2 is 1.79 bits per heavy atom. The molecule has 0 fully saturated rings. The van der Waals surface area contributed by atoms with Gasteiger partial charge in [0.25, 0.3) is 0 Å². The van der Waals surface area contributed by atoms with Crippen molar-refractivity contribution in [2.24, 2.45) is 0 Å². The number of rotatable bonds is 7. The van der Waals surface area contributed by atoms with Crippen LogP contribution in [0.4, 0.5) is 0 Å². The zero-order chi connectivity index (χ0) is 20.4. The summed E-state index contributed by atoms with van der Waals surface area (Å²) in [6.07, 6.45) is 0. The van der Waals surface area contributed by atoms with Gasteiger partial charge in [-0.25, -0.2) is 0 Å². The fourth-order valence-electron chi connectivity index (χ4n) is 3.65. The molecule has 152 valence electrons. The molecule has 2 heterocycles. The van der Waals surface area contributed by atoms with E-state index in [4.69, 9.17) is 19.2 Å². The summed E-state index contributed by atoms with van der Waals surface area (Å²) in [6.45, 7) is 10.6. The lowest BCUT2D eigenvalue weighted by atomic mass is 10.0. The molecule has 0 saturated carbocycles. The molecule has 0 amide bonds. The number of hydrogen-bond donors (Lipinski definition) is 0. The van der Waals surface area contributed by atoms with E-state index < -0.39 is 0 Å². The minimum absolute atomic E-state index is 0.268. The highest BCUT2D eigenvalue weighted by Crippen LogP contribution is 2.39. The lowest BCUT2D eigenvalue weighted by Gasteiger charge is -2.31. The highest BCUT2D eigenvalue weighted by Gasteiger charge is 2.18. The Bertz CT molecular complexity index is 1030. The summed E-state index contributed by atoms with van der Waals surface area (Å²) in [5.74, 6) is 2.44. The third kappa shape index (κ3) is 4.01. The van der Waals surface area contributed by atoms with Crippen LogP contribution in [-0.4, -0.2) is 49.5 Å². The fraction of sp³-hybridized carbons (Fsp3) is 0.375. The molecule has 1 aliphatic rings. The molecule has 4 rings (SSSR count). The highest BCUT2D eigenvalue weighted by atomic mass is 16.7. The average molecular weight is 394 g/mol. The molecule has 1 aromatic heterocycles. The summed E-state index contributed by atoms with van der Waals surface area (Å²) in [5, 5.41) is 2.15. The first kappa shape index (κ1) is 19.5. The summed E-state index contributed by atoms with van der Waals surface area (Å²) < 4.78 is 18.2. The topological polar surface area (TPSA) is 40.6 Å². The number of pyridine rings is 1. The predicted molar refractivity (Wildman–Crippen MR) is 116 cm³/mol. The van der Waals surface area contributed by atoms with Crippen molar-refractivity contribution in [2.45, 2.75) is 20.8 Å². The number of nitrogens with zero attached hydrogens (tertiary/aromatic N) is 2. The fourth-order valence-corrected chi connectivity index (χ4v) is 3.65. The Balaban J connectivity index is 1.64. The van der Waals surface area contributed by atoms with Crippen molar-refractivity contribution in [1.29, 1.82) is 0 Å². The van der Waals surface area contributed by atoms with Crippen LogP contribution in [0.3, 0.4) is 0 Å². The van der Waals surface area contributed by atoms with E-state index in [-0.39, 0.29) is 6.79 Å². The van der Waals surface area contributed by atoms with Crippen LogP contribution in [0.15, 0.2) is 42.5 Å². The van der Waals surface area contributed by atoms with Gasteiger partial charge in [0.05, 0.1) is 25.8 Å². The molecule has 29 heavy (non-hydrogen) atoms. The summed E-state index contributed by atoms with van der Waals surface area (Å²) in [5.41, 5.74) is 2.95. The van der Waals surface area contributed by atoms with Gasteiger partial charge in [0.1, 0.15) is 18.9 Å². The van der Waals surface area contributed by atoms with Gasteiger partial charge in [-0.3, -0.25) is 4.98 Å². The normalized spacial score (nSPS) is 13.1. The van der Waals surface area contributed by atoms with Crippen LogP contribution in [0.5, 0.6) is 17.2 Å². The van der Waals surface area contributed by atoms with Crippen LogP contribution < -0.4 is 14.2 Å². The van der Waals surface area contributed by atoms with E-state index in [1.807, 2.05) is 31.2 Å². The van der Waals surface area contributed by atoms with E-state index in [9.17, 15) is 0 Å². The molecule has 5 nitrogen and oxygen atoms in total. The van der Waals surface area contributed by atoms with Crippen molar-refractivity contribution in [3.8, 4) is 28.5 Å². The van der Waals surface area contributed by atoms with E-state index in [0.717, 1.165) is 69.1 Å². The number of quaternary nitrogens is 1. The third-order valence-electron chi connectivity index (χ3n) is 5.99. The quantitative estimate of drug-likeness (QED) is 0.541. The van der Waals surface area contributed by atoms with Gasteiger partial charge < -0.3 is 18.7 Å². The van der Waals surface area contributed by atoms with Gasteiger partial charge in [0.2, 0.25) is 6.79 Å². The van der Waals surface area contributed by atoms with Gasteiger partial charge in [-0.2, -0.15) is 0 Å². The number of fused-ring (bicyclic) bond motifs is 2. The average Bonchev–Trinajstić information content (AvgIpc) is 3.19. The smallest absolute Gasteiger partial charge is 0.231 e. The van der Waals surface area contributed by atoms with Crippen molar-refractivity contribution >= 4 is 10.8 Å². The Morgan fingerprint density at radius 1 is 1.03 bits per heavy atom. The molecule has 0 bridgehead atoms. The van der Waals surface area contributed by atoms with Crippen molar-refractivity contribution in [1.82, 2.24) is 4.98 Å². The zero-order valence-corrected chi connectivity index (χ0v) is 17.7. The highest BCUT2D eigenvalue weighted by molar-refractivity contribution is 5.97. The van der Waals surface area contributed by atoms with E-state index in [2.05, 4.69) is 39.1 Å². The number of likely N-dealkylation sites (N-methyl/N-ethyl adjacent to an activating group) is 1. The lowest BCUT2D eigenvalue weighted by molar-refractivity contribution is -0.906. The molecular weight excluding hydrogens is 364 g/mol. The first-order valence-corrected chi connectivity index (χ1v) is 10.3. The molecule has 5 heteroatoms. The molecule has 1 aliphatic heterocycles.